The van der Waals surface area contributed by atoms with Gasteiger partial charge in [0.25, 0.3) is 0 Å². The summed E-state index contributed by atoms with van der Waals surface area (Å²) < 4.78 is 0. The second-order valence-electron chi connectivity index (χ2n) is 4.48. The highest BCUT2D eigenvalue weighted by molar-refractivity contribution is 7.99. The number of hydrogen-bond acceptors (Lipinski definition) is 4. The minimum Gasteiger partial charge on any atom is -0.326 e. The molecule has 104 valence electrons. The van der Waals surface area contributed by atoms with E-state index in [-0.39, 0.29) is 5.91 Å². The second kappa shape index (κ2) is 7.05. The van der Waals surface area contributed by atoms with Gasteiger partial charge < -0.3 is 5.32 Å². The number of aromatic nitrogens is 2. The van der Waals surface area contributed by atoms with Crippen LogP contribution in [0.4, 0.5) is 5.69 Å². The summed E-state index contributed by atoms with van der Waals surface area (Å²) in [5.41, 5.74) is 3.24. The van der Waals surface area contributed by atoms with Gasteiger partial charge >= 0.3 is 0 Å². The average molecular weight is 287 g/mol. The highest BCUT2D eigenvalue weighted by Gasteiger charge is 2.04. The van der Waals surface area contributed by atoms with E-state index in [1.165, 1.54) is 22.9 Å². The number of rotatable bonds is 5. The third-order valence-electron chi connectivity index (χ3n) is 2.89. The fraction of sp³-hybridized carbons (Fsp3) is 0.267. The van der Waals surface area contributed by atoms with Gasteiger partial charge in [-0.05, 0) is 43.2 Å². The van der Waals surface area contributed by atoms with E-state index in [2.05, 4.69) is 22.2 Å². The zero-order chi connectivity index (χ0) is 14.4. The van der Waals surface area contributed by atoms with E-state index in [4.69, 9.17) is 0 Å². The number of carbonyl (C=O) groups is 1. The van der Waals surface area contributed by atoms with Gasteiger partial charge in [0.2, 0.25) is 5.91 Å². The first kappa shape index (κ1) is 14.5. The maximum absolute atomic E-state index is 11.8. The van der Waals surface area contributed by atoms with Crippen LogP contribution in [0.2, 0.25) is 0 Å². The lowest BCUT2D eigenvalue weighted by atomic mass is 10.1. The Morgan fingerprint density at radius 1 is 1.20 bits per heavy atom. The summed E-state index contributed by atoms with van der Waals surface area (Å²) in [6.07, 6.45) is 3.84. The number of nitrogens with one attached hydrogen (secondary N) is 1. The Morgan fingerprint density at radius 3 is 2.65 bits per heavy atom. The van der Waals surface area contributed by atoms with Crippen LogP contribution < -0.4 is 5.32 Å². The zero-order valence-electron chi connectivity index (χ0n) is 11.6. The van der Waals surface area contributed by atoms with Gasteiger partial charge in [-0.3, -0.25) is 4.79 Å². The van der Waals surface area contributed by atoms with Crippen molar-refractivity contribution in [3.63, 3.8) is 0 Å². The number of anilines is 1. The molecule has 1 heterocycles. The van der Waals surface area contributed by atoms with Gasteiger partial charge in [0.05, 0.1) is 0 Å². The molecule has 1 N–H and O–H groups in total. The Bertz CT molecular complexity index is 587. The molecule has 4 nitrogen and oxygen atoms in total. The lowest BCUT2D eigenvalue weighted by Crippen LogP contribution is -2.12. The Morgan fingerprint density at radius 2 is 1.95 bits per heavy atom. The van der Waals surface area contributed by atoms with Crippen molar-refractivity contribution >= 4 is 23.4 Å². The molecular weight excluding hydrogens is 270 g/mol. The van der Waals surface area contributed by atoms with Crippen LogP contribution in [0.25, 0.3) is 0 Å². The van der Waals surface area contributed by atoms with Crippen LogP contribution in [0.15, 0.2) is 41.8 Å². The maximum Gasteiger partial charge on any atom is 0.225 e. The van der Waals surface area contributed by atoms with Gasteiger partial charge in [0.15, 0.2) is 5.16 Å². The zero-order valence-corrected chi connectivity index (χ0v) is 12.4. The molecule has 20 heavy (non-hydrogen) atoms. The van der Waals surface area contributed by atoms with Gasteiger partial charge in [-0.15, -0.1) is 0 Å². The molecular formula is C15H17N3OS. The largest absolute Gasteiger partial charge is 0.326 e. The summed E-state index contributed by atoms with van der Waals surface area (Å²) in [6, 6.07) is 7.70. The first-order chi connectivity index (χ1) is 9.65. The van der Waals surface area contributed by atoms with E-state index in [0.717, 1.165) is 5.69 Å². The number of hydrogen-bond donors (Lipinski definition) is 1. The van der Waals surface area contributed by atoms with Crippen molar-refractivity contribution in [2.24, 2.45) is 0 Å². The second-order valence-corrected chi connectivity index (χ2v) is 5.54. The molecule has 1 amide bonds. The molecule has 2 aromatic rings. The lowest BCUT2D eigenvalue weighted by molar-refractivity contribution is -0.115. The van der Waals surface area contributed by atoms with Gasteiger partial charge in [0.1, 0.15) is 0 Å². The number of benzene rings is 1. The SMILES string of the molecule is Cc1ccc(NC(=O)CCSc2ncccn2)cc1C. The van der Waals surface area contributed by atoms with Gasteiger partial charge in [-0.1, -0.05) is 17.8 Å². The van der Waals surface area contributed by atoms with Gasteiger partial charge in [0, 0.05) is 30.3 Å². The lowest BCUT2D eigenvalue weighted by Gasteiger charge is -2.07. The monoisotopic (exact) mass is 287 g/mol. The third kappa shape index (κ3) is 4.35. The minimum absolute atomic E-state index is 0.0108. The molecule has 0 unspecified atom stereocenters. The number of aryl methyl sites for hydroxylation is 2. The number of amides is 1. The summed E-state index contributed by atoms with van der Waals surface area (Å²) >= 11 is 1.48. The molecule has 0 saturated carbocycles. The molecule has 1 aromatic carbocycles. The Balaban J connectivity index is 1.79. The molecule has 0 radical (unpaired) electrons. The van der Waals surface area contributed by atoms with Crippen molar-refractivity contribution in [2.75, 3.05) is 11.1 Å². The van der Waals surface area contributed by atoms with E-state index in [9.17, 15) is 4.79 Å². The normalized spacial score (nSPS) is 10.3. The Kier molecular flexibility index (Phi) is 5.12. The van der Waals surface area contributed by atoms with Crippen molar-refractivity contribution in [3.8, 4) is 0 Å². The molecule has 0 aliphatic rings. The van der Waals surface area contributed by atoms with Crippen LogP contribution in [0, 0.1) is 13.8 Å². The van der Waals surface area contributed by atoms with E-state index in [1.807, 2.05) is 25.1 Å². The van der Waals surface area contributed by atoms with Crippen molar-refractivity contribution < 1.29 is 4.79 Å². The smallest absolute Gasteiger partial charge is 0.225 e. The highest BCUT2D eigenvalue weighted by atomic mass is 32.2. The Hall–Kier alpha value is -1.88. The predicted molar refractivity (Wildman–Crippen MR) is 81.9 cm³/mol. The fourth-order valence-electron chi connectivity index (χ4n) is 1.64. The number of thioether (sulfide) groups is 1. The molecule has 0 atom stereocenters. The first-order valence-corrected chi connectivity index (χ1v) is 7.40. The third-order valence-corrected chi connectivity index (χ3v) is 3.77. The van der Waals surface area contributed by atoms with Gasteiger partial charge in [-0.25, -0.2) is 9.97 Å². The molecule has 0 bridgehead atoms. The minimum atomic E-state index is 0.0108. The predicted octanol–water partition coefficient (Wildman–Crippen LogP) is 3.21. The molecule has 0 aliphatic carbocycles. The van der Waals surface area contributed by atoms with Crippen LogP contribution in [0.5, 0.6) is 0 Å². The van der Waals surface area contributed by atoms with E-state index in [1.54, 1.807) is 18.5 Å². The van der Waals surface area contributed by atoms with E-state index < -0.39 is 0 Å². The average Bonchev–Trinajstić information content (AvgIpc) is 2.44. The summed E-state index contributed by atoms with van der Waals surface area (Å²) in [6.45, 7) is 4.09. The highest BCUT2D eigenvalue weighted by Crippen LogP contribution is 2.16. The Labute approximate surface area is 123 Å². The molecule has 5 heteroatoms. The van der Waals surface area contributed by atoms with Crippen LogP contribution in [-0.2, 0) is 4.79 Å². The van der Waals surface area contributed by atoms with Crippen molar-refractivity contribution in [3.05, 3.63) is 47.8 Å². The quantitative estimate of drug-likeness (QED) is 0.677. The first-order valence-electron chi connectivity index (χ1n) is 6.42. The summed E-state index contributed by atoms with van der Waals surface area (Å²) in [7, 11) is 0. The summed E-state index contributed by atoms with van der Waals surface area (Å²) in [4.78, 5) is 20.0. The number of carbonyl (C=O) groups excluding carboxylic acids is 1. The van der Waals surface area contributed by atoms with Crippen molar-refractivity contribution in [1.29, 1.82) is 0 Å². The molecule has 0 aliphatic heterocycles. The van der Waals surface area contributed by atoms with Crippen LogP contribution in [0.3, 0.4) is 0 Å². The van der Waals surface area contributed by atoms with Crippen LogP contribution in [-0.4, -0.2) is 21.6 Å². The van der Waals surface area contributed by atoms with Crippen LogP contribution >= 0.6 is 11.8 Å². The standard InChI is InChI=1S/C15H17N3OS/c1-11-4-5-13(10-12(11)2)18-14(19)6-9-20-15-16-7-3-8-17-15/h3-5,7-8,10H,6,9H2,1-2H3,(H,18,19). The molecule has 0 fully saturated rings. The maximum atomic E-state index is 11.8. The molecule has 0 spiro atoms. The van der Waals surface area contributed by atoms with Gasteiger partial charge in [-0.2, -0.15) is 0 Å². The molecule has 1 aromatic heterocycles. The van der Waals surface area contributed by atoms with Crippen LogP contribution in [0.1, 0.15) is 17.5 Å². The van der Waals surface area contributed by atoms with Crippen molar-refractivity contribution in [2.45, 2.75) is 25.4 Å². The van der Waals surface area contributed by atoms with E-state index in [0.29, 0.717) is 17.3 Å². The van der Waals surface area contributed by atoms with Crippen molar-refractivity contribution in [1.82, 2.24) is 9.97 Å². The van der Waals surface area contributed by atoms with E-state index >= 15 is 0 Å². The number of nitrogens with zero attached hydrogens (tertiary/aromatic N) is 2. The molecule has 2 rings (SSSR count). The fourth-order valence-corrected chi connectivity index (χ4v) is 2.38. The molecule has 0 saturated heterocycles. The summed E-state index contributed by atoms with van der Waals surface area (Å²) in [5.74, 6) is 0.678. The summed E-state index contributed by atoms with van der Waals surface area (Å²) in [5, 5.41) is 3.60. The topological polar surface area (TPSA) is 54.9 Å².